The molecule has 2 rings (SSSR count). The number of phenols is 1. The molecule has 1 aromatic carbocycles. The van der Waals surface area contributed by atoms with Crippen molar-refractivity contribution in [3.8, 4) is 5.75 Å². The Kier molecular flexibility index (Phi) is 3.99. The van der Waals surface area contributed by atoms with Crippen molar-refractivity contribution in [2.24, 2.45) is 0 Å². The van der Waals surface area contributed by atoms with Crippen LogP contribution in [0.1, 0.15) is 30.1 Å². The SMILES string of the molecule is OCC(O)COC1CCCc2c(O)cccc21. The van der Waals surface area contributed by atoms with E-state index in [4.69, 9.17) is 9.84 Å². The van der Waals surface area contributed by atoms with Gasteiger partial charge in [0.25, 0.3) is 0 Å². The van der Waals surface area contributed by atoms with Gasteiger partial charge in [0.2, 0.25) is 0 Å². The highest BCUT2D eigenvalue weighted by Gasteiger charge is 2.23. The van der Waals surface area contributed by atoms with Gasteiger partial charge in [0, 0.05) is 0 Å². The average molecular weight is 238 g/mol. The number of aromatic hydroxyl groups is 1. The first-order valence-corrected chi connectivity index (χ1v) is 5.93. The number of benzene rings is 1. The Morgan fingerprint density at radius 3 is 3.00 bits per heavy atom. The molecule has 17 heavy (non-hydrogen) atoms. The average Bonchev–Trinajstić information content (AvgIpc) is 2.36. The smallest absolute Gasteiger partial charge is 0.119 e. The third kappa shape index (κ3) is 2.77. The van der Waals surface area contributed by atoms with Crippen LogP contribution in [0, 0.1) is 0 Å². The maximum absolute atomic E-state index is 9.75. The number of rotatable bonds is 4. The first-order valence-electron chi connectivity index (χ1n) is 5.93. The van der Waals surface area contributed by atoms with Crippen molar-refractivity contribution < 1.29 is 20.1 Å². The van der Waals surface area contributed by atoms with Crippen LogP contribution in [0.15, 0.2) is 18.2 Å². The van der Waals surface area contributed by atoms with Gasteiger partial charge < -0.3 is 20.1 Å². The van der Waals surface area contributed by atoms with Crippen molar-refractivity contribution in [1.82, 2.24) is 0 Å². The number of aliphatic hydroxyl groups is 2. The molecule has 0 saturated heterocycles. The summed E-state index contributed by atoms with van der Waals surface area (Å²) >= 11 is 0. The third-order valence-corrected chi connectivity index (χ3v) is 3.13. The molecule has 3 N–H and O–H groups in total. The van der Waals surface area contributed by atoms with Crippen molar-refractivity contribution in [3.63, 3.8) is 0 Å². The van der Waals surface area contributed by atoms with Crippen LogP contribution in [0.5, 0.6) is 5.75 Å². The van der Waals surface area contributed by atoms with E-state index in [1.54, 1.807) is 12.1 Å². The van der Waals surface area contributed by atoms with E-state index in [1.165, 1.54) is 0 Å². The molecule has 0 spiro atoms. The summed E-state index contributed by atoms with van der Waals surface area (Å²) in [5.41, 5.74) is 1.95. The van der Waals surface area contributed by atoms with Gasteiger partial charge in [-0.1, -0.05) is 12.1 Å². The summed E-state index contributed by atoms with van der Waals surface area (Å²) in [6.07, 6.45) is 1.79. The minimum Gasteiger partial charge on any atom is -0.508 e. The normalized spacial score (nSPS) is 20.9. The molecule has 0 aromatic heterocycles. The van der Waals surface area contributed by atoms with Gasteiger partial charge in [0.1, 0.15) is 11.9 Å². The van der Waals surface area contributed by atoms with E-state index < -0.39 is 6.10 Å². The molecule has 0 fully saturated rings. The van der Waals surface area contributed by atoms with Gasteiger partial charge in [-0.2, -0.15) is 0 Å². The lowest BCUT2D eigenvalue weighted by atomic mass is 9.89. The van der Waals surface area contributed by atoms with Crippen molar-refractivity contribution in [2.75, 3.05) is 13.2 Å². The summed E-state index contributed by atoms with van der Waals surface area (Å²) in [5, 5.41) is 27.8. The van der Waals surface area contributed by atoms with E-state index >= 15 is 0 Å². The summed E-state index contributed by atoms with van der Waals surface area (Å²) < 4.78 is 5.60. The molecule has 0 radical (unpaired) electrons. The van der Waals surface area contributed by atoms with Gasteiger partial charge in [0.15, 0.2) is 0 Å². The van der Waals surface area contributed by atoms with Gasteiger partial charge in [0.05, 0.1) is 19.3 Å². The van der Waals surface area contributed by atoms with Crippen LogP contribution in [-0.4, -0.2) is 34.6 Å². The molecule has 0 saturated carbocycles. The van der Waals surface area contributed by atoms with E-state index in [2.05, 4.69) is 0 Å². The Hall–Kier alpha value is -1.10. The van der Waals surface area contributed by atoms with Crippen LogP contribution in [0.3, 0.4) is 0 Å². The Morgan fingerprint density at radius 2 is 2.24 bits per heavy atom. The molecular weight excluding hydrogens is 220 g/mol. The molecule has 0 amide bonds. The number of hydrogen-bond donors (Lipinski definition) is 3. The maximum Gasteiger partial charge on any atom is 0.119 e. The third-order valence-electron chi connectivity index (χ3n) is 3.13. The number of ether oxygens (including phenoxy) is 1. The molecule has 0 bridgehead atoms. The fourth-order valence-corrected chi connectivity index (χ4v) is 2.24. The fraction of sp³-hybridized carbons (Fsp3) is 0.538. The first-order chi connectivity index (χ1) is 8.22. The summed E-state index contributed by atoms with van der Waals surface area (Å²) in [5.74, 6) is 0.318. The van der Waals surface area contributed by atoms with E-state index in [0.717, 1.165) is 30.4 Å². The van der Waals surface area contributed by atoms with Crippen LogP contribution < -0.4 is 0 Å². The quantitative estimate of drug-likeness (QED) is 0.735. The van der Waals surface area contributed by atoms with Crippen LogP contribution in [0.25, 0.3) is 0 Å². The zero-order valence-corrected chi connectivity index (χ0v) is 9.67. The highest BCUT2D eigenvalue weighted by atomic mass is 16.5. The van der Waals surface area contributed by atoms with Crippen LogP contribution in [0.4, 0.5) is 0 Å². The summed E-state index contributed by atoms with van der Waals surface area (Å²) in [7, 11) is 0. The van der Waals surface area contributed by atoms with Crippen LogP contribution >= 0.6 is 0 Å². The summed E-state index contributed by atoms with van der Waals surface area (Å²) in [6.45, 7) is -0.171. The molecule has 4 heteroatoms. The topological polar surface area (TPSA) is 69.9 Å². The minimum atomic E-state index is -0.835. The molecule has 2 atom stereocenters. The second-order valence-corrected chi connectivity index (χ2v) is 4.40. The Balaban J connectivity index is 2.09. The summed E-state index contributed by atoms with van der Waals surface area (Å²) in [4.78, 5) is 0. The van der Waals surface area contributed by atoms with Crippen molar-refractivity contribution in [3.05, 3.63) is 29.3 Å². The number of fused-ring (bicyclic) bond motifs is 1. The molecule has 4 nitrogen and oxygen atoms in total. The standard InChI is InChI=1S/C13H18O4/c14-7-9(15)8-17-13-6-2-3-10-11(13)4-1-5-12(10)16/h1,4-5,9,13-16H,2-3,6-8H2. The molecule has 1 aromatic rings. The van der Waals surface area contributed by atoms with Crippen molar-refractivity contribution in [2.45, 2.75) is 31.5 Å². The van der Waals surface area contributed by atoms with E-state index in [9.17, 15) is 10.2 Å². The molecule has 1 aliphatic rings. The van der Waals surface area contributed by atoms with Crippen molar-refractivity contribution in [1.29, 1.82) is 0 Å². The lowest BCUT2D eigenvalue weighted by Crippen LogP contribution is -2.23. The second-order valence-electron chi connectivity index (χ2n) is 4.40. The zero-order chi connectivity index (χ0) is 12.3. The van der Waals surface area contributed by atoms with Crippen LogP contribution in [-0.2, 0) is 11.2 Å². The number of hydrogen-bond acceptors (Lipinski definition) is 4. The first kappa shape index (κ1) is 12.4. The molecule has 2 unspecified atom stereocenters. The highest BCUT2D eigenvalue weighted by molar-refractivity contribution is 5.41. The highest BCUT2D eigenvalue weighted by Crippen LogP contribution is 2.36. The van der Waals surface area contributed by atoms with Gasteiger partial charge in [-0.15, -0.1) is 0 Å². The van der Waals surface area contributed by atoms with Crippen molar-refractivity contribution >= 4 is 0 Å². The number of phenolic OH excluding ortho intramolecular Hbond substituents is 1. The maximum atomic E-state index is 9.75. The summed E-state index contributed by atoms with van der Waals surface area (Å²) in [6, 6.07) is 5.44. The van der Waals surface area contributed by atoms with E-state index in [1.807, 2.05) is 6.07 Å². The lowest BCUT2D eigenvalue weighted by molar-refractivity contribution is -0.0350. The largest absolute Gasteiger partial charge is 0.508 e. The van der Waals surface area contributed by atoms with Gasteiger partial charge in [-0.05, 0) is 36.5 Å². The van der Waals surface area contributed by atoms with Crippen LogP contribution in [0.2, 0.25) is 0 Å². The second kappa shape index (κ2) is 5.49. The lowest BCUT2D eigenvalue weighted by Gasteiger charge is -2.26. The Bertz CT molecular complexity index is 378. The Morgan fingerprint density at radius 1 is 1.41 bits per heavy atom. The van der Waals surface area contributed by atoms with Gasteiger partial charge in [-0.25, -0.2) is 0 Å². The van der Waals surface area contributed by atoms with E-state index in [0.29, 0.717) is 5.75 Å². The van der Waals surface area contributed by atoms with E-state index in [-0.39, 0.29) is 19.3 Å². The molecule has 94 valence electrons. The molecule has 1 aliphatic carbocycles. The van der Waals surface area contributed by atoms with Gasteiger partial charge >= 0.3 is 0 Å². The molecule has 0 heterocycles. The number of aliphatic hydroxyl groups excluding tert-OH is 2. The molecule has 0 aliphatic heterocycles. The molecular formula is C13H18O4. The Labute approximate surface area is 100 Å². The minimum absolute atomic E-state index is 0.0907. The monoisotopic (exact) mass is 238 g/mol. The predicted octanol–water partition coefficient (Wildman–Crippen LogP) is 1.14. The fourth-order valence-electron chi connectivity index (χ4n) is 2.24. The zero-order valence-electron chi connectivity index (χ0n) is 9.67. The van der Waals surface area contributed by atoms with Gasteiger partial charge in [-0.3, -0.25) is 0 Å². The predicted molar refractivity (Wildman–Crippen MR) is 62.8 cm³/mol.